The van der Waals surface area contributed by atoms with E-state index in [2.05, 4.69) is 10.1 Å². The molecular formula is C12H14N4O4. The molecule has 20 heavy (non-hydrogen) atoms. The fraction of sp³-hybridized carbons (Fsp3) is 0.417. The van der Waals surface area contributed by atoms with Gasteiger partial charge < -0.3 is 19.8 Å². The van der Waals surface area contributed by atoms with Gasteiger partial charge in [-0.3, -0.25) is 9.69 Å². The molecule has 0 aliphatic carbocycles. The second kappa shape index (κ2) is 4.73. The van der Waals surface area contributed by atoms with Crippen LogP contribution in [0.1, 0.15) is 12.3 Å². The van der Waals surface area contributed by atoms with Gasteiger partial charge in [0.2, 0.25) is 11.7 Å². The van der Waals surface area contributed by atoms with Crippen LogP contribution in [0.25, 0.3) is 11.6 Å². The van der Waals surface area contributed by atoms with Crippen LogP contribution in [0.15, 0.2) is 27.3 Å². The Morgan fingerprint density at radius 2 is 2.45 bits per heavy atom. The largest absolute Gasteiger partial charge is 0.480 e. The Hall–Kier alpha value is -2.19. The van der Waals surface area contributed by atoms with Gasteiger partial charge in [0, 0.05) is 13.1 Å². The standard InChI is InChI=1S/C12H14N4O4/c13-12(11(17)18)3-4-16(7-12)6-9-14-10(15-20-9)8-2-1-5-19-8/h1-2,5H,3-4,6-7,13H2,(H,17,18). The number of furan rings is 1. The van der Waals surface area contributed by atoms with Gasteiger partial charge in [-0.25, -0.2) is 0 Å². The first-order valence-corrected chi connectivity index (χ1v) is 6.18. The number of carboxylic acids is 1. The molecule has 0 spiro atoms. The third-order valence-corrected chi connectivity index (χ3v) is 3.37. The van der Waals surface area contributed by atoms with Gasteiger partial charge >= 0.3 is 5.97 Å². The van der Waals surface area contributed by atoms with Crippen LogP contribution in [0.4, 0.5) is 0 Å². The van der Waals surface area contributed by atoms with Crippen molar-refractivity contribution >= 4 is 5.97 Å². The quantitative estimate of drug-likeness (QED) is 0.820. The molecule has 2 aromatic rings. The fourth-order valence-corrected chi connectivity index (χ4v) is 2.24. The minimum absolute atomic E-state index is 0.265. The Balaban J connectivity index is 1.66. The lowest BCUT2D eigenvalue weighted by molar-refractivity contribution is -0.142. The van der Waals surface area contributed by atoms with Crippen molar-refractivity contribution in [3.63, 3.8) is 0 Å². The maximum Gasteiger partial charge on any atom is 0.325 e. The van der Waals surface area contributed by atoms with Crippen molar-refractivity contribution < 1.29 is 18.8 Å². The number of carbonyl (C=O) groups is 1. The SMILES string of the molecule is NC1(C(=O)O)CCN(Cc2nc(-c3ccco3)no2)C1. The van der Waals surface area contributed by atoms with Gasteiger partial charge in [0.1, 0.15) is 5.54 Å². The molecular weight excluding hydrogens is 264 g/mol. The molecule has 0 amide bonds. The van der Waals surface area contributed by atoms with Gasteiger partial charge in [0.05, 0.1) is 12.8 Å². The monoisotopic (exact) mass is 278 g/mol. The number of carboxylic acid groups (broad SMARTS) is 1. The van der Waals surface area contributed by atoms with E-state index in [9.17, 15) is 4.79 Å². The zero-order chi connectivity index (χ0) is 14.2. The smallest absolute Gasteiger partial charge is 0.325 e. The van der Waals surface area contributed by atoms with Crippen molar-refractivity contribution in [1.29, 1.82) is 0 Å². The summed E-state index contributed by atoms with van der Waals surface area (Å²) in [5.74, 6) is 0.328. The van der Waals surface area contributed by atoms with Crippen molar-refractivity contribution in [2.24, 2.45) is 5.73 Å². The third kappa shape index (κ3) is 2.30. The van der Waals surface area contributed by atoms with Crippen LogP contribution in [0.3, 0.4) is 0 Å². The summed E-state index contributed by atoms with van der Waals surface area (Å²) in [6.07, 6.45) is 1.93. The molecule has 1 unspecified atom stereocenters. The van der Waals surface area contributed by atoms with E-state index in [0.717, 1.165) is 0 Å². The lowest BCUT2D eigenvalue weighted by Gasteiger charge is -2.18. The minimum atomic E-state index is -1.19. The summed E-state index contributed by atoms with van der Waals surface area (Å²) in [5, 5.41) is 12.9. The van der Waals surface area contributed by atoms with Crippen LogP contribution in [0.5, 0.6) is 0 Å². The molecule has 1 atom stereocenters. The maximum atomic E-state index is 11.1. The summed E-state index contributed by atoms with van der Waals surface area (Å²) in [7, 11) is 0. The van der Waals surface area contributed by atoms with E-state index in [1.165, 1.54) is 6.26 Å². The Labute approximate surface area is 114 Å². The Morgan fingerprint density at radius 3 is 3.10 bits per heavy atom. The van der Waals surface area contributed by atoms with E-state index in [1.807, 2.05) is 4.90 Å². The predicted octanol–water partition coefficient (Wildman–Crippen LogP) is 0.317. The van der Waals surface area contributed by atoms with Gasteiger partial charge in [0.25, 0.3) is 0 Å². The van der Waals surface area contributed by atoms with E-state index < -0.39 is 11.5 Å². The summed E-state index contributed by atoms with van der Waals surface area (Å²) in [5.41, 5.74) is 4.61. The highest BCUT2D eigenvalue weighted by Crippen LogP contribution is 2.22. The van der Waals surface area contributed by atoms with E-state index in [0.29, 0.717) is 37.0 Å². The molecule has 8 nitrogen and oxygen atoms in total. The number of hydrogen-bond donors (Lipinski definition) is 2. The number of hydrogen-bond acceptors (Lipinski definition) is 7. The summed E-state index contributed by atoms with van der Waals surface area (Å²) >= 11 is 0. The number of nitrogens with two attached hydrogens (primary N) is 1. The number of aliphatic carboxylic acids is 1. The van der Waals surface area contributed by atoms with Crippen LogP contribution in [0, 0.1) is 0 Å². The molecule has 3 rings (SSSR count). The van der Waals surface area contributed by atoms with Crippen LogP contribution < -0.4 is 5.73 Å². The Bertz CT molecular complexity index is 609. The molecule has 0 radical (unpaired) electrons. The van der Waals surface area contributed by atoms with Gasteiger partial charge in [-0.05, 0) is 18.6 Å². The second-order valence-corrected chi connectivity index (χ2v) is 4.91. The zero-order valence-corrected chi connectivity index (χ0v) is 10.7. The topological polar surface area (TPSA) is 119 Å². The highest BCUT2D eigenvalue weighted by Gasteiger charge is 2.41. The fourth-order valence-electron chi connectivity index (χ4n) is 2.24. The number of nitrogens with zero attached hydrogens (tertiary/aromatic N) is 3. The van der Waals surface area contributed by atoms with Crippen LogP contribution in [-0.4, -0.2) is 44.7 Å². The molecule has 1 saturated heterocycles. The average Bonchev–Trinajstić information content (AvgIpc) is 3.10. The third-order valence-electron chi connectivity index (χ3n) is 3.37. The van der Waals surface area contributed by atoms with Crippen molar-refractivity contribution in [2.75, 3.05) is 13.1 Å². The van der Waals surface area contributed by atoms with E-state index in [4.69, 9.17) is 19.8 Å². The van der Waals surface area contributed by atoms with E-state index in [-0.39, 0.29) is 6.54 Å². The lowest BCUT2D eigenvalue weighted by atomic mass is 10.0. The molecule has 3 N–H and O–H groups in total. The Kier molecular flexibility index (Phi) is 3.03. The molecule has 106 valence electrons. The summed E-state index contributed by atoms with van der Waals surface area (Å²) in [6, 6.07) is 3.47. The summed E-state index contributed by atoms with van der Waals surface area (Å²) < 4.78 is 10.3. The van der Waals surface area contributed by atoms with Gasteiger partial charge in [-0.1, -0.05) is 5.16 Å². The molecule has 0 aromatic carbocycles. The van der Waals surface area contributed by atoms with Gasteiger partial charge in [0.15, 0.2) is 5.76 Å². The maximum absolute atomic E-state index is 11.1. The van der Waals surface area contributed by atoms with E-state index >= 15 is 0 Å². The van der Waals surface area contributed by atoms with Crippen molar-refractivity contribution in [3.8, 4) is 11.6 Å². The van der Waals surface area contributed by atoms with Crippen LogP contribution >= 0.6 is 0 Å². The number of rotatable bonds is 4. The lowest BCUT2D eigenvalue weighted by Crippen LogP contribution is -2.50. The average molecular weight is 278 g/mol. The molecule has 8 heteroatoms. The van der Waals surface area contributed by atoms with Crippen LogP contribution in [0.2, 0.25) is 0 Å². The highest BCUT2D eigenvalue weighted by molar-refractivity contribution is 5.79. The molecule has 1 fully saturated rings. The molecule has 2 aromatic heterocycles. The zero-order valence-electron chi connectivity index (χ0n) is 10.7. The minimum Gasteiger partial charge on any atom is -0.480 e. The Morgan fingerprint density at radius 1 is 1.60 bits per heavy atom. The second-order valence-electron chi connectivity index (χ2n) is 4.91. The van der Waals surface area contributed by atoms with Crippen LogP contribution in [-0.2, 0) is 11.3 Å². The number of aromatic nitrogens is 2. The summed E-state index contributed by atoms with van der Waals surface area (Å²) in [4.78, 5) is 17.2. The summed E-state index contributed by atoms with van der Waals surface area (Å²) in [6.45, 7) is 1.22. The normalized spacial score (nSPS) is 23.2. The predicted molar refractivity (Wildman–Crippen MR) is 66.4 cm³/mol. The first-order valence-electron chi connectivity index (χ1n) is 6.18. The van der Waals surface area contributed by atoms with Gasteiger partial charge in [-0.2, -0.15) is 4.98 Å². The van der Waals surface area contributed by atoms with Crippen molar-refractivity contribution in [3.05, 3.63) is 24.3 Å². The molecule has 0 bridgehead atoms. The molecule has 1 aliphatic rings. The van der Waals surface area contributed by atoms with E-state index in [1.54, 1.807) is 12.1 Å². The van der Waals surface area contributed by atoms with Crippen molar-refractivity contribution in [2.45, 2.75) is 18.5 Å². The first-order chi connectivity index (χ1) is 9.57. The van der Waals surface area contributed by atoms with Gasteiger partial charge in [-0.15, -0.1) is 0 Å². The van der Waals surface area contributed by atoms with Crippen molar-refractivity contribution in [1.82, 2.24) is 15.0 Å². The molecule has 3 heterocycles. The highest BCUT2D eigenvalue weighted by atomic mass is 16.5. The molecule has 0 saturated carbocycles. The first kappa shape index (κ1) is 12.8. The molecule has 1 aliphatic heterocycles. The number of likely N-dealkylation sites (tertiary alicyclic amines) is 1.